The molecule has 3 N–H and O–H groups in total. The summed E-state index contributed by atoms with van der Waals surface area (Å²) in [6.45, 7) is 0. The molecule has 1 heterocycles. The summed E-state index contributed by atoms with van der Waals surface area (Å²) in [6.07, 6.45) is 0.162. The van der Waals surface area contributed by atoms with Gasteiger partial charge in [0, 0.05) is 24.8 Å². The second-order valence-corrected chi connectivity index (χ2v) is 5.49. The second kappa shape index (κ2) is 7.48. The zero-order valence-corrected chi connectivity index (χ0v) is 13.7. The standard InChI is InChI=1S/C18H18N4O3/c1-19-18(24)21-14-9-5-8-13(10-14)20-17(23)15-11-16(25-22-15)12-6-3-2-4-7-12/h2-10,16H,11H2,1H3,(H,20,23)(H2,19,21,24)/t16-/m0/s1. The van der Waals surface area contributed by atoms with E-state index in [9.17, 15) is 9.59 Å². The van der Waals surface area contributed by atoms with E-state index < -0.39 is 0 Å². The minimum Gasteiger partial charge on any atom is -0.387 e. The van der Waals surface area contributed by atoms with Crippen molar-refractivity contribution < 1.29 is 14.4 Å². The first kappa shape index (κ1) is 16.5. The van der Waals surface area contributed by atoms with Crippen LogP contribution in [-0.2, 0) is 9.63 Å². The summed E-state index contributed by atoms with van der Waals surface area (Å²) < 4.78 is 0. The van der Waals surface area contributed by atoms with E-state index in [1.54, 1.807) is 24.3 Å². The van der Waals surface area contributed by atoms with Crippen LogP contribution in [-0.4, -0.2) is 24.7 Å². The highest BCUT2D eigenvalue weighted by Crippen LogP contribution is 2.27. The monoisotopic (exact) mass is 338 g/mol. The van der Waals surface area contributed by atoms with Gasteiger partial charge in [-0.25, -0.2) is 4.79 Å². The third-order valence-electron chi connectivity index (χ3n) is 3.71. The minimum atomic E-state index is -0.331. The van der Waals surface area contributed by atoms with Crippen LogP contribution in [0, 0.1) is 0 Å². The van der Waals surface area contributed by atoms with Gasteiger partial charge in [-0.2, -0.15) is 0 Å². The molecule has 7 heteroatoms. The number of hydrogen-bond acceptors (Lipinski definition) is 4. The van der Waals surface area contributed by atoms with Gasteiger partial charge in [-0.05, 0) is 23.8 Å². The van der Waals surface area contributed by atoms with Crippen LogP contribution < -0.4 is 16.0 Å². The predicted octanol–water partition coefficient (Wildman–Crippen LogP) is 2.89. The average Bonchev–Trinajstić information content (AvgIpc) is 3.13. The van der Waals surface area contributed by atoms with Gasteiger partial charge in [0.25, 0.3) is 5.91 Å². The molecule has 25 heavy (non-hydrogen) atoms. The molecule has 0 saturated heterocycles. The van der Waals surface area contributed by atoms with Gasteiger partial charge >= 0.3 is 6.03 Å². The molecular formula is C18H18N4O3. The molecule has 0 aromatic heterocycles. The fraction of sp³-hybridized carbons (Fsp3) is 0.167. The summed E-state index contributed by atoms with van der Waals surface area (Å²) >= 11 is 0. The molecule has 0 unspecified atom stereocenters. The quantitative estimate of drug-likeness (QED) is 0.800. The zero-order valence-electron chi connectivity index (χ0n) is 13.7. The molecule has 0 spiro atoms. The maximum atomic E-state index is 12.4. The summed E-state index contributed by atoms with van der Waals surface area (Å²) in [5.74, 6) is -0.324. The number of urea groups is 1. The summed E-state index contributed by atoms with van der Waals surface area (Å²) in [5.41, 5.74) is 2.44. The Balaban J connectivity index is 1.61. The second-order valence-electron chi connectivity index (χ2n) is 5.49. The van der Waals surface area contributed by atoms with Crippen molar-refractivity contribution in [1.29, 1.82) is 0 Å². The molecule has 0 radical (unpaired) electrons. The number of nitrogens with zero attached hydrogens (tertiary/aromatic N) is 1. The van der Waals surface area contributed by atoms with Crippen LogP contribution in [0.25, 0.3) is 0 Å². The SMILES string of the molecule is CNC(=O)Nc1cccc(NC(=O)C2=NO[C@H](c3ccccc3)C2)c1. The Labute approximate surface area is 145 Å². The molecule has 1 aliphatic heterocycles. The number of benzene rings is 2. The third-order valence-corrected chi connectivity index (χ3v) is 3.71. The van der Waals surface area contributed by atoms with E-state index in [0.29, 0.717) is 23.5 Å². The number of rotatable bonds is 4. The van der Waals surface area contributed by atoms with Crippen molar-refractivity contribution in [3.63, 3.8) is 0 Å². The van der Waals surface area contributed by atoms with Crippen LogP contribution in [0.5, 0.6) is 0 Å². The molecule has 0 fully saturated rings. The number of carbonyl (C=O) groups is 2. The van der Waals surface area contributed by atoms with E-state index in [1.807, 2.05) is 30.3 Å². The molecule has 0 bridgehead atoms. The molecule has 3 amide bonds. The van der Waals surface area contributed by atoms with Crippen LogP contribution in [0.15, 0.2) is 59.8 Å². The highest BCUT2D eigenvalue weighted by atomic mass is 16.6. The summed E-state index contributed by atoms with van der Waals surface area (Å²) in [5, 5.41) is 11.8. The van der Waals surface area contributed by atoms with Crippen LogP contribution in [0.3, 0.4) is 0 Å². The first-order chi connectivity index (χ1) is 12.2. The van der Waals surface area contributed by atoms with E-state index >= 15 is 0 Å². The summed E-state index contributed by atoms with van der Waals surface area (Å²) in [7, 11) is 1.53. The largest absolute Gasteiger partial charge is 0.387 e. The predicted molar refractivity (Wildman–Crippen MR) is 95.5 cm³/mol. The third kappa shape index (κ3) is 4.14. The van der Waals surface area contributed by atoms with Crippen LogP contribution in [0.1, 0.15) is 18.1 Å². The summed E-state index contributed by atoms with van der Waals surface area (Å²) in [6, 6.07) is 16.2. The van der Waals surface area contributed by atoms with Crippen LogP contribution >= 0.6 is 0 Å². The maximum absolute atomic E-state index is 12.4. The number of hydrogen-bond donors (Lipinski definition) is 3. The lowest BCUT2D eigenvalue weighted by Gasteiger charge is -2.09. The molecule has 128 valence electrons. The Morgan fingerprint density at radius 2 is 1.76 bits per heavy atom. The van der Waals surface area contributed by atoms with Crippen molar-refractivity contribution in [2.24, 2.45) is 5.16 Å². The van der Waals surface area contributed by atoms with Crippen molar-refractivity contribution in [3.05, 3.63) is 60.2 Å². The highest BCUT2D eigenvalue weighted by Gasteiger charge is 2.27. The topological polar surface area (TPSA) is 91.8 Å². The lowest BCUT2D eigenvalue weighted by atomic mass is 10.0. The Morgan fingerprint density at radius 1 is 1.04 bits per heavy atom. The molecule has 3 rings (SSSR count). The Morgan fingerprint density at radius 3 is 2.48 bits per heavy atom. The van der Waals surface area contributed by atoms with E-state index in [1.165, 1.54) is 7.05 Å². The number of oxime groups is 1. The van der Waals surface area contributed by atoms with Crippen molar-refractivity contribution >= 4 is 29.0 Å². The molecular weight excluding hydrogens is 320 g/mol. The van der Waals surface area contributed by atoms with Crippen molar-refractivity contribution in [1.82, 2.24) is 5.32 Å². The lowest BCUT2D eigenvalue weighted by molar-refractivity contribution is -0.110. The molecule has 0 aliphatic carbocycles. The van der Waals surface area contributed by atoms with Crippen molar-refractivity contribution in [2.75, 3.05) is 17.7 Å². The molecule has 1 aliphatic rings. The first-order valence-electron chi connectivity index (χ1n) is 7.83. The Hall–Kier alpha value is -3.35. The van der Waals surface area contributed by atoms with Gasteiger partial charge in [-0.1, -0.05) is 41.6 Å². The average molecular weight is 338 g/mol. The van der Waals surface area contributed by atoms with Gasteiger partial charge < -0.3 is 20.8 Å². The Kier molecular flexibility index (Phi) is 4.94. The lowest BCUT2D eigenvalue weighted by Crippen LogP contribution is -2.25. The van der Waals surface area contributed by atoms with Crippen LogP contribution in [0.4, 0.5) is 16.2 Å². The van der Waals surface area contributed by atoms with Gasteiger partial charge in [-0.3, -0.25) is 4.79 Å². The molecule has 0 saturated carbocycles. The Bertz CT molecular complexity index is 805. The smallest absolute Gasteiger partial charge is 0.318 e. The number of anilines is 2. The van der Waals surface area contributed by atoms with Crippen LogP contribution in [0.2, 0.25) is 0 Å². The fourth-order valence-corrected chi connectivity index (χ4v) is 2.43. The van der Waals surface area contributed by atoms with Gasteiger partial charge in [0.2, 0.25) is 0 Å². The molecule has 2 aromatic rings. The minimum absolute atomic E-state index is 0.247. The van der Waals surface area contributed by atoms with E-state index in [0.717, 1.165) is 5.56 Å². The van der Waals surface area contributed by atoms with Crippen molar-refractivity contribution in [2.45, 2.75) is 12.5 Å². The van der Waals surface area contributed by atoms with E-state index in [4.69, 9.17) is 4.84 Å². The van der Waals surface area contributed by atoms with Gasteiger partial charge in [-0.15, -0.1) is 0 Å². The van der Waals surface area contributed by atoms with E-state index in [2.05, 4.69) is 21.1 Å². The normalized spacial score (nSPS) is 15.7. The van der Waals surface area contributed by atoms with Crippen molar-refractivity contribution in [3.8, 4) is 0 Å². The van der Waals surface area contributed by atoms with E-state index in [-0.39, 0.29) is 18.0 Å². The number of carbonyl (C=O) groups excluding carboxylic acids is 2. The molecule has 1 atom stereocenters. The fourth-order valence-electron chi connectivity index (χ4n) is 2.43. The number of nitrogens with one attached hydrogen (secondary N) is 3. The first-order valence-corrected chi connectivity index (χ1v) is 7.83. The highest BCUT2D eigenvalue weighted by molar-refractivity contribution is 6.43. The van der Waals surface area contributed by atoms with Gasteiger partial charge in [0.15, 0.2) is 6.10 Å². The molecule has 2 aromatic carbocycles. The van der Waals surface area contributed by atoms with Gasteiger partial charge in [0.1, 0.15) is 5.71 Å². The summed E-state index contributed by atoms with van der Waals surface area (Å²) in [4.78, 5) is 29.1. The zero-order chi connectivity index (χ0) is 17.6. The molecule has 7 nitrogen and oxygen atoms in total. The van der Waals surface area contributed by atoms with Gasteiger partial charge in [0.05, 0.1) is 0 Å². The maximum Gasteiger partial charge on any atom is 0.318 e. The number of amides is 3.